The molecular formula is C25H27Cl2NO2. The highest BCUT2D eigenvalue weighted by Gasteiger charge is 2.42. The number of rotatable bonds is 6. The number of piperidine rings is 1. The number of nitrogens with zero attached hydrogens (tertiary/aromatic N) is 1. The van der Waals surface area contributed by atoms with Crippen LogP contribution < -0.4 is 0 Å². The highest BCUT2D eigenvalue weighted by molar-refractivity contribution is 6.30. The van der Waals surface area contributed by atoms with Crippen molar-refractivity contribution in [1.82, 2.24) is 4.90 Å². The normalized spacial score (nSPS) is 23.1. The summed E-state index contributed by atoms with van der Waals surface area (Å²) in [5.74, 6) is -0.596. The van der Waals surface area contributed by atoms with E-state index >= 15 is 0 Å². The van der Waals surface area contributed by atoms with E-state index in [2.05, 4.69) is 11.8 Å². The second-order valence-electron chi connectivity index (χ2n) is 7.81. The molecule has 3 nitrogen and oxygen atoms in total. The lowest BCUT2D eigenvalue weighted by molar-refractivity contribution is -0.129. The number of aliphatic hydroxyl groups is 1. The maximum absolute atomic E-state index is 13.2. The number of likely N-dealkylation sites (tertiary alicyclic amines) is 1. The number of benzene rings is 2. The molecule has 0 amide bonds. The third kappa shape index (κ3) is 5.61. The second kappa shape index (κ2) is 9.93. The topological polar surface area (TPSA) is 40.5 Å². The molecule has 2 unspecified atom stereocenters. The van der Waals surface area contributed by atoms with Gasteiger partial charge in [-0.2, -0.15) is 0 Å². The van der Waals surface area contributed by atoms with E-state index in [1.165, 1.54) is 0 Å². The van der Waals surface area contributed by atoms with Gasteiger partial charge in [-0.05, 0) is 66.9 Å². The molecule has 0 aliphatic carbocycles. The Balaban J connectivity index is 1.86. The van der Waals surface area contributed by atoms with Crippen LogP contribution in [0.5, 0.6) is 0 Å². The minimum atomic E-state index is -1.20. The minimum Gasteiger partial charge on any atom is -0.385 e. The SMILES string of the molecule is CCN1CCC(O)(/C=C/c2ccc(Cl)cc2)C(C(=O)/C=C(\C)c2ccc(Cl)cc2)C1. The minimum absolute atomic E-state index is 0.0659. The largest absolute Gasteiger partial charge is 0.385 e. The molecule has 158 valence electrons. The molecule has 5 heteroatoms. The molecule has 1 saturated heterocycles. The monoisotopic (exact) mass is 443 g/mol. The maximum atomic E-state index is 13.2. The van der Waals surface area contributed by atoms with E-state index in [1.54, 1.807) is 12.2 Å². The van der Waals surface area contributed by atoms with Gasteiger partial charge in [-0.25, -0.2) is 0 Å². The Labute approximate surface area is 188 Å². The Bertz CT molecular complexity index is 935. The van der Waals surface area contributed by atoms with Crippen molar-refractivity contribution in [2.75, 3.05) is 19.6 Å². The lowest BCUT2D eigenvalue weighted by atomic mass is 9.77. The number of hydrogen-bond acceptors (Lipinski definition) is 3. The van der Waals surface area contributed by atoms with Crippen LogP contribution >= 0.6 is 23.2 Å². The van der Waals surface area contributed by atoms with Crippen molar-refractivity contribution in [3.8, 4) is 0 Å². The number of allylic oxidation sites excluding steroid dienone is 2. The number of hydrogen-bond donors (Lipinski definition) is 1. The Morgan fingerprint density at radius 2 is 1.73 bits per heavy atom. The summed E-state index contributed by atoms with van der Waals surface area (Å²) in [6, 6.07) is 14.8. The third-order valence-corrected chi connectivity index (χ3v) is 6.26. The fourth-order valence-corrected chi connectivity index (χ4v) is 4.02. The van der Waals surface area contributed by atoms with Crippen LogP contribution in [0.2, 0.25) is 10.0 Å². The third-order valence-electron chi connectivity index (χ3n) is 5.76. The van der Waals surface area contributed by atoms with Crippen molar-refractivity contribution in [2.24, 2.45) is 5.92 Å². The van der Waals surface area contributed by atoms with Crippen molar-refractivity contribution in [2.45, 2.75) is 25.9 Å². The summed E-state index contributed by atoms with van der Waals surface area (Å²) in [5.41, 5.74) is 1.54. The Morgan fingerprint density at radius 1 is 1.13 bits per heavy atom. The van der Waals surface area contributed by atoms with Crippen molar-refractivity contribution in [1.29, 1.82) is 0 Å². The van der Waals surface area contributed by atoms with Crippen LogP contribution in [0, 0.1) is 5.92 Å². The Hall–Kier alpha value is -1.91. The average molecular weight is 444 g/mol. The van der Waals surface area contributed by atoms with E-state index in [-0.39, 0.29) is 5.78 Å². The fraction of sp³-hybridized carbons (Fsp3) is 0.320. The summed E-state index contributed by atoms with van der Waals surface area (Å²) in [7, 11) is 0. The van der Waals surface area contributed by atoms with Gasteiger partial charge in [0.05, 0.1) is 11.5 Å². The average Bonchev–Trinajstić information content (AvgIpc) is 2.74. The molecule has 0 aromatic heterocycles. The lowest BCUT2D eigenvalue weighted by Gasteiger charge is -2.41. The summed E-state index contributed by atoms with van der Waals surface area (Å²) in [6.45, 7) is 6.11. The molecule has 2 aromatic rings. The Kier molecular flexibility index (Phi) is 7.54. The first kappa shape index (κ1) is 22.8. The number of carbonyl (C=O) groups excluding carboxylic acids is 1. The standard InChI is InChI=1S/C25H27Cl2NO2/c1-3-28-15-14-25(30,13-12-19-4-8-21(26)9-5-19)23(17-28)24(29)16-18(2)20-6-10-22(27)11-7-20/h4-13,16,23,30H,3,14-15,17H2,1-2H3/b13-12+,18-16+. The van der Waals surface area contributed by atoms with Gasteiger partial charge in [0.2, 0.25) is 0 Å². The second-order valence-corrected chi connectivity index (χ2v) is 8.68. The zero-order chi connectivity index (χ0) is 21.7. The molecule has 1 aliphatic rings. The van der Waals surface area contributed by atoms with Crippen LogP contribution in [0.15, 0.2) is 60.7 Å². The lowest BCUT2D eigenvalue weighted by Crippen LogP contribution is -2.53. The predicted molar refractivity (Wildman–Crippen MR) is 126 cm³/mol. The first-order valence-electron chi connectivity index (χ1n) is 10.2. The summed E-state index contributed by atoms with van der Waals surface area (Å²) < 4.78 is 0. The number of halogens is 2. The van der Waals surface area contributed by atoms with E-state index in [4.69, 9.17) is 23.2 Å². The molecule has 1 fully saturated rings. The van der Waals surface area contributed by atoms with Gasteiger partial charge in [-0.15, -0.1) is 0 Å². The van der Waals surface area contributed by atoms with Crippen molar-refractivity contribution in [3.63, 3.8) is 0 Å². The highest BCUT2D eigenvalue weighted by Crippen LogP contribution is 2.32. The first-order chi connectivity index (χ1) is 14.3. The maximum Gasteiger partial charge on any atom is 0.163 e. The molecule has 1 aliphatic heterocycles. The van der Waals surface area contributed by atoms with Gasteiger partial charge in [-0.3, -0.25) is 4.79 Å². The van der Waals surface area contributed by atoms with Crippen molar-refractivity contribution in [3.05, 3.63) is 81.9 Å². The number of ketones is 1. The summed E-state index contributed by atoms with van der Waals surface area (Å²) >= 11 is 11.9. The summed E-state index contributed by atoms with van der Waals surface area (Å²) in [5, 5.41) is 12.8. The molecule has 30 heavy (non-hydrogen) atoms. The highest BCUT2D eigenvalue weighted by atomic mass is 35.5. The van der Waals surface area contributed by atoms with Crippen LogP contribution in [0.3, 0.4) is 0 Å². The van der Waals surface area contributed by atoms with Crippen molar-refractivity contribution >= 4 is 40.6 Å². The summed E-state index contributed by atoms with van der Waals surface area (Å²) in [6.07, 6.45) is 5.80. The van der Waals surface area contributed by atoms with Gasteiger partial charge >= 0.3 is 0 Å². The molecule has 0 radical (unpaired) electrons. The van der Waals surface area contributed by atoms with E-state index in [0.717, 1.165) is 29.8 Å². The molecule has 0 saturated carbocycles. The van der Waals surface area contributed by atoms with E-state index in [0.29, 0.717) is 23.0 Å². The van der Waals surface area contributed by atoms with Gasteiger partial charge in [0.25, 0.3) is 0 Å². The van der Waals surface area contributed by atoms with Gasteiger partial charge in [0.1, 0.15) is 0 Å². The first-order valence-corrected chi connectivity index (χ1v) is 10.9. The van der Waals surface area contributed by atoms with Gasteiger partial charge in [0.15, 0.2) is 5.78 Å². The molecular weight excluding hydrogens is 417 g/mol. The molecule has 0 bridgehead atoms. The smallest absolute Gasteiger partial charge is 0.163 e. The van der Waals surface area contributed by atoms with Crippen LogP contribution in [0.25, 0.3) is 11.6 Å². The van der Waals surface area contributed by atoms with Crippen LogP contribution in [0.1, 0.15) is 31.4 Å². The van der Waals surface area contributed by atoms with E-state index < -0.39 is 11.5 Å². The van der Waals surface area contributed by atoms with Crippen molar-refractivity contribution < 1.29 is 9.90 Å². The van der Waals surface area contributed by atoms with Crippen LogP contribution in [-0.2, 0) is 4.79 Å². The van der Waals surface area contributed by atoms with Crippen LogP contribution in [-0.4, -0.2) is 41.0 Å². The van der Waals surface area contributed by atoms with E-state index in [1.807, 2.05) is 61.5 Å². The summed E-state index contributed by atoms with van der Waals surface area (Å²) in [4.78, 5) is 15.4. The van der Waals surface area contributed by atoms with Gasteiger partial charge in [-0.1, -0.05) is 66.5 Å². The zero-order valence-corrected chi connectivity index (χ0v) is 18.8. The zero-order valence-electron chi connectivity index (χ0n) is 17.3. The molecule has 1 heterocycles. The van der Waals surface area contributed by atoms with E-state index in [9.17, 15) is 9.90 Å². The van der Waals surface area contributed by atoms with Gasteiger partial charge < -0.3 is 10.0 Å². The fourth-order valence-electron chi connectivity index (χ4n) is 3.77. The molecule has 3 rings (SSSR count). The Morgan fingerprint density at radius 3 is 2.33 bits per heavy atom. The molecule has 2 aromatic carbocycles. The van der Waals surface area contributed by atoms with Crippen LogP contribution in [0.4, 0.5) is 0 Å². The van der Waals surface area contributed by atoms with Gasteiger partial charge in [0, 0.05) is 23.1 Å². The molecule has 0 spiro atoms. The molecule has 1 N–H and O–H groups in total. The predicted octanol–water partition coefficient (Wildman–Crippen LogP) is 5.75. The number of carbonyl (C=O) groups is 1. The molecule has 2 atom stereocenters. The quantitative estimate of drug-likeness (QED) is 0.577.